The zero-order valence-corrected chi connectivity index (χ0v) is 10.8. The average molecular weight is 269 g/mol. The summed E-state index contributed by atoms with van der Waals surface area (Å²) in [4.78, 5) is 11.3. The summed E-state index contributed by atoms with van der Waals surface area (Å²) in [5.74, 6) is 0.948. The van der Waals surface area contributed by atoms with E-state index in [1.54, 1.807) is 23.9 Å². The van der Waals surface area contributed by atoms with Crippen molar-refractivity contribution in [3.63, 3.8) is 0 Å². The first kappa shape index (κ1) is 13.2. The molecule has 18 heavy (non-hydrogen) atoms. The Morgan fingerprint density at radius 1 is 1.44 bits per heavy atom. The van der Waals surface area contributed by atoms with Crippen molar-refractivity contribution in [1.82, 2.24) is 0 Å². The molecule has 1 fully saturated rings. The van der Waals surface area contributed by atoms with Gasteiger partial charge in [-0.15, -0.1) is 0 Å². The van der Waals surface area contributed by atoms with Gasteiger partial charge in [-0.05, 0) is 54.5 Å². The lowest BCUT2D eigenvalue weighted by atomic mass is 9.96. The van der Waals surface area contributed by atoms with Gasteiger partial charge in [0, 0.05) is 5.69 Å². The molecule has 2 unspecified atom stereocenters. The van der Waals surface area contributed by atoms with E-state index in [9.17, 15) is 14.3 Å². The third kappa shape index (κ3) is 3.38. The van der Waals surface area contributed by atoms with Crippen LogP contribution in [0.1, 0.15) is 12.8 Å². The van der Waals surface area contributed by atoms with Crippen molar-refractivity contribution in [2.24, 2.45) is 5.92 Å². The molecule has 1 heterocycles. The molecule has 0 spiro atoms. The predicted molar refractivity (Wildman–Crippen MR) is 71.5 cm³/mol. The first-order valence-electron chi connectivity index (χ1n) is 5.99. The van der Waals surface area contributed by atoms with Gasteiger partial charge in [-0.2, -0.15) is 11.8 Å². The van der Waals surface area contributed by atoms with Crippen LogP contribution in [0.2, 0.25) is 0 Å². The summed E-state index contributed by atoms with van der Waals surface area (Å²) in [6, 6.07) is 5.21. The van der Waals surface area contributed by atoms with Crippen LogP contribution in [-0.2, 0) is 4.79 Å². The second-order valence-corrected chi connectivity index (χ2v) is 5.59. The van der Waals surface area contributed by atoms with Gasteiger partial charge in [0.05, 0.1) is 0 Å². The van der Waals surface area contributed by atoms with Crippen LogP contribution in [0.4, 0.5) is 10.1 Å². The molecule has 1 saturated heterocycles. The van der Waals surface area contributed by atoms with Gasteiger partial charge in [0.15, 0.2) is 0 Å². The highest BCUT2D eigenvalue weighted by Crippen LogP contribution is 2.27. The molecule has 0 radical (unpaired) electrons. The second-order valence-electron chi connectivity index (χ2n) is 4.44. The highest BCUT2D eigenvalue weighted by molar-refractivity contribution is 7.99. The van der Waals surface area contributed by atoms with Gasteiger partial charge in [-0.25, -0.2) is 9.18 Å². The van der Waals surface area contributed by atoms with E-state index in [1.165, 1.54) is 12.1 Å². The number of carboxylic acids is 1. The lowest BCUT2D eigenvalue weighted by Crippen LogP contribution is -2.39. The standard InChI is InChI=1S/C13H16FNO2S/c14-10-3-5-11(6-4-10)15-12(13(16)17)9-2-1-7-18-8-9/h3-6,9,12,15H,1-2,7-8H2,(H,16,17). The third-order valence-electron chi connectivity index (χ3n) is 3.10. The van der Waals surface area contributed by atoms with Gasteiger partial charge in [0.2, 0.25) is 0 Å². The Hall–Kier alpha value is -1.23. The molecule has 1 aliphatic heterocycles. The van der Waals surface area contributed by atoms with Crippen LogP contribution >= 0.6 is 11.8 Å². The quantitative estimate of drug-likeness (QED) is 0.882. The van der Waals surface area contributed by atoms with E-state index in [0.717, 1.165) is 24.3 Å². The van der Waals surface area contributed by atoms with Gasteiger partial charge in [0.25, 0.3) is 0 Å². The largest absolute Gasteiger partial charge is 0.480 e. The Morgan fingerprint density at radius 3 is 2.72 bits per heavy atom. The molecule has 1 aromatic rings. The molecule has 5 heteroatoms. The molecular formula is C13H16FNO2S. The van der Waals surface area contributed by atoms with Crippen molar-refractivity contribution in [3.05, 3.63) is 30.1 Å². The van der Waals surface area contributed by atoms with Crippen LogP contribution in [0, 0.1) is 11.7 Å². The van der Waals surface area contributed by atoms with Crippen LogP contribution < -0.4 is 5.32 Å². The number of nitrogens with one attached hydrogen (secondary N) is 1. The summed E-state index contributed by atoms with van der Waals surface area (Å²) in [6.45, 7) is 0. The number of carboxylic acid groups (broad SMARTS) is 1. The van der Waals surface area contributed by atoms with E-state index in [0.29, 0.717) is 5.69 Å². The maximum Gasteiger partial charge on any atom is 0.326 e. The van der Waals surface area contributed by atoms with E-state index < -0.39 is 12.0 Å². The number of rotatable bonds is 4. The molecule has 3 nitrogen and oxygen atoms in total. The lowest BCUT2D eigenvalue weighted by molar-refractivity contribution is -0.139. The normalized spacial score (nSPS) is 21.3. The first-order valence-corrected chi connectivity index (χ1v) is 7.15. The number of thioether (sulfide) groups is 1. The van der Waals surface area contributed by atoms with E-state index in [1.807, 2.05) is 0 Å². The Kier molecular flexibility index (Phi) is 4.47. The number of benzene rings is 1. The van der Waals surface area contributed by atoms with Gasteiger partial charge >= 0.3 is 5.97 Å². The number of carbonyl (C=O) groups is 1. The SMILES string of the molecule is O=C(O)C(Nc1ccc(F)cc1)C1CCCSC1. The minimum Gasteiger partial charge on any atom is -0.480 e. The zero-order chi connectivity index (χ0) is 13.0. The zero-order valence-electron chi connectivity index (χ0n) is 9.93. The molecular weight excluding hydrogens is 253 g/mol. The fraction of sp³-hybridized carbons (Fsp3) is 0.462. The third-order valence-corrected chi connectivity index (χ3v) is 4.34. The minimum atomic E-state index is -0.841. The fourth-order valence-corrected chi connectivity index (χ4v) is 3.33. The number of hydrogen-bond acceptors (Lipinski definition) is 3. The van der Waals surface area contributed by atoms with Gasteiger partial charge in [-0.1, -0.05) is 0 Å². The van der Waals surface area contributed by atoms with Crippen molar-refractivity contribution >= 4 is 23.4 Å². The van der Waals surface area contributed by atoms with Crippen molar-refractivity contribution in [3.8, 4) is 0 Å². The first-order chi connectivity index (χ1) is 8.66. The molecule has 2 N–H and O–H groups in total. The fourth-order valence-electron chi connectivity index (χ4n) is 2.14. The van der Waals surface area contributed by atoms with Gasteiger partial charge in [-0.3, -0.25) is 0 Å². The lowest BCUT2D eigenvalue weighted by Gasteiger charge is -2.28. The maximum atomic E-state index is 12.8. The average Bonchev–Trinajstić information content (AvgIpc) is 2.38. The molecule has 0 saturated carbocycles. The van der Waals surface area contributed by atoms with Crippen LogP contribution in [0.5, 0.6) is 0 Å². The Morgan fingerprint density at radius 2 is 2.17 bits per heavy atom. The maximum absolute atomic E-state index is 12.8. The number of hydrogen-bond donors (Lipinski definition) is 2. The smallest absolute Gasteiger partial charge is 0.326 e. The molecule has 0 aromatic heterocycles. The Balaban J connectivity index is 2.05. The summed E-state index contributed by atoms with van der Waals surface area (Å²) in [6.07, 6.45) is 1.99. The molecule has 0 bridgehead atoms. The minimum absolute atomic E-state index is 0.131. The molecule has 98 valence electrons. The molecule has 2 atom stereocenters. The summed E-state index contributed by atoms with van der Waals surface area (Å²) in [7, 11) is 0. The van der Waals surface area contributed by atoms with Gasteiger partial charge in [0.1, 0.15) is 11.9 Å². The highest BCUT2D eigenvalue weighted by Gasteiger charge is 2.29. The highest BCUT2D eigenvalue weighted by atomic mass is 32.2. The van der Waals surface area contributed by atoms with Crippen molar-refractivity contribution in [2.75, 3.05) is 16.8 Å². The molecule has 1 aliphatic rings. The predicted octanol–water partition coefficient (Wildman–Crippen LogP) is 2.83. The van der Waals surface area contributed by atoms with E-state index in [-0.39, 0.29) is 11.7 Å². The number of aliphatic carboxylic acids is 1. The summed E-state index contributed by atoms with van der Waals surface area (Å²) >= 11 is 1.80. The number of anilines is 1. The summed E-state index contributed by atoms with van der Waals surface area (Å²) < 4.78 is 12.8. The van der Waals surface area contributed by atoms with Crippen LogP contribution in [0.3, 0.4) is 0 Å². The topological polar surface area (TPSA) is 49.3 Å². The molecule has 1 aromatic carbocycles. The summed E-state index contributed by atoms with van der Waals surface area (Å²) in [5.41, 5.74) is 0.652. The van der Waals surface area contributed by atoms with Crippen molar-refractivity contribution in [2.45, 2.75) is 18.9 Å². The van der Waals surface area contributed by atoms with Crippen LogP contribution in [-0.4, -0.2) is 28.6 Å². The number of halogens is 1. The Labute approximate surface area is 110 Å². The second kappa shape index (κ2) is 6.09. The van der Waals surface area contributed by atoms with Crippen LogP contribution in [0.25, 0.3) is 0 Å². The molecule has 2 rings (SSSR count). The van der Waals surface area contributed by atoms with E-state index in [2.05, 4.69) is 5.32 Å². The van der Waals surface area contributed by atoms with Crippen molar-refractivity contribution < 1.29 is 14.3 Å². The van der Waals surface area contributed by atoms with Crippen molar-refractivity contribution in [1.29, 1.82) is 0 Å². The van der Waals surface area contributed by atoms with Crippen LogP contribution in [0.15, 0.2) is 24.3 Å². The Bertz CT molecular complexity index is 404. The van der Waals surface area contributed by atoms with E-state index >= 15 is 0 Å². The summed E-state index contributed by atoms with van der Waals surface area (Å²) in [5, 5.41) is 12.3. The molecule has 0 amide bonds. The van der Waals surface area contributed by atoms with Gasteiger partial charge < -0.3 is 10.4 Å². The molecule has 0 aliphatic carbocycles. The van der Waals surface area contributed by atoms with E-state index in [4.69, 9.17) is 0 Å². The monoisotopic (exact) mass is 269 g/mol.